The Kier molecular flexibility index (Phi) is 4.38. The van der Waals surface area contributed by atoms with Gasteiger partial charge in [-0.15, -0.1) is 0 Å². The maximum absolute atomic E-state index is 5.88. The Hall–Kier alpha value is -0.380. The lowest BCUT2D eigenvalue weighted by atomic mass is 10.1. The summed E-state index contributed by atoms with van der Waals surface area (Å²) in [6.45, 7) is 9.70. The fourth-order valence-corrected chi connectivity index (χ4v) is 2.79. The first-order valence-corrected chi connectivity index (χ1v) is 6.66. The summed E-state index contributed by atoms with van der Waals surface area (Å²) in [5.74, 6) is 0.702. The lowest BCUT2D eigenvalue weighted by Crippen LogP contribution is -2.47. The van der Waals surface area contributed by atoms with E-state index in [4.69, 9.17) is 5.73 Å². The van der Waals surface area contributed by atoms with Crippen molar-refractivity contribution in [2.45, 2.75) is 25.8 Å². The van der Waals surface area contributed by atoms with Gasteiger partial charge in [-0.1, -0.05) is 19.1 Å². The van der Waals surface area contributed by atoms with Crippen LogP contribution >= 0.6 is 0 Å². The lowest BCUT2D eigenvalue weighted by molar-refractivity contribution is 0.123. The molecule has 0 bridgehead atoms. The van der Waals surface area contributed by atoms with Crippen molar-refractivity contribution >= 4 is 0 Å². The standard InChI is InChI=1S/C13H25N3/c1-2-5-15-6-8-16(9-7-15)11-12-3-4-13(14)10-12/h3-4,12-13H,2,5-11,14H2,1H3. The Morgan fingerprint density at radius 2 is 1.81 bits per heavy atom. The van der Waals surface area contributed by atoms with Gasteiger partial charge in [0, 0.05) is 38.8 Å². The zero-order valence-electron chi connectivity index (χ0n) is 10.4. The van der Waals surface area contributed by atoms with Crippen LogP contribution in [-0.4, -0.2) is 55.1 Å². The molecule has 2 atom stereocenters. The van der Waals surface area contributed by atoms with Gasteiger partial charge in [-0.25, -0.2) is 0 Å². The Morgan fingerprint density at radius 3 is 2.38 bits per heavy atom. The largest absolute Gasteiger partial charge is 0.324 e. The van der Waals surface area contributed by atoms with Crippen LogP contribution in [0.5, 0.6) is 0 Å². The highest BCUT2D eigenvalue weighted by molar-refractivity contribution is 5.05. The second-order valence-electron chi connectivity index (χ2n) is 5.19. The van der Waals surface area contributed by atoms with Crippen LogP contribution < -0.4 is 5.73 Å². The minimum Gasteiger partial charge on any atom is -0.324 e. The topological polar surface area (TPSA) is 32.5 Å². The molecule has 0 saturated carbocycles. The molecule has 0 aromatic rings. The first-order chi connectivity index (χ1) is 7.78. The second kappa shape index (κ2) is 5.80. The molecule has 1 fully saturated rings. The highest BCUT2D eigenvalue weighted by Crippen LogP contribution is 2.18. The minimum atomic E-state index is 0.311. The molecule has 0 spiro atoms. The summed E-state index contributed by atoms with van der Waals surface area (Å²) < 4.78 is 0. The van der Waals surface area contributed by atoms with E-state index in [1.165, 1.54) is 45.7 Å². The average molecular weight is 223 g/mol. The van der Waals surface area contributed by atoms with Crippen LogP contribution in [0.4, 0.5) is 0 Å². The summed E-state index contributed by atoms with van der Waals surface area (Å²) in [6.07, 6.45) is 6.90. The van der Waals surface area contributed by atoms with Crippen molar-refractivity contribution in [2.75, 3.05) is 39.3 Å². The number of piperazine rings is 1. The van der Waals surface area contributed by atoms with Gasteiger partial charge >= 0.3 is 0 Å². The predicted octanol–water partition coefficient (Wildman–Crippen LogP) is 0.917. The Bertz CT molecular complexity index is 231. The molecule has 1 aliphatic heterocycles. The van der Waals surface area contributed by atoms with Crippen LogP contribution in [0.2, 0.25) is 0 Å². The average Bonchev–Trinajstić information content (AvgIpc) is 2.67. The van der Waals surface area contributed by atoms with E-state index < -0.39 is 0 Å². The van der Waals surface area contributed by atoms with Crippen molar-refractivity contribution in [3.63, 3.8) is 0 Å². The Labute approximate surface area is 99.3 Å². The van der Waals surface area contributed by atoms with Crippen LogP contribution in [0.1, 0.15) is 19.8 Å². The van der Waals surface area contributed by atoms with E-state index in [0.29, 0.717) is 12.0 Å². The zero-order valence-corrected chi connectivity index (χ0v) is 10.4. The van der Waals surface area contributed by atoms with Gasteiger partial charge in [0.2, 0.25) is 0 Å². The Balaban J connectivity index is 1.67. The first-order valence-electron chi connectivity index (χ1n) is 6.66. The molecular weight excluding hydrogens is 198 g/mol. The maximum atomic E-state index is 5.88. The summed E-state index contributed by atoms with van der Waals surface area (Å²) in [7, 11) is 0. The molecule has 1 heterocycles. The number of rotatable bonds is 4. The van der Waals surface area contributed by atoms with Crippen molar-refractivity contribution in [1.82, 2.24) is 9.80 Å². The van der Waals surface area contributed by atoms with Gasteiger partial charge in [0.05, 0.1) is 0 Å². The first kappa shape index (κ1) is 12.1. The maximum Gasteiger partial charge on any atom is 0.0229 e. The summed E-state index contributed by atoms with van der Waals surface area (Å²) in [6, 6.07) is 0.311. The Morgan fingerprint density at radius 1 is 1.12 bits per heavy atom. The highest BCUT2D eigenvalue weighted by atomic mass is 15.3. The van der Waals surface area contributed by atoms with Crippen molar-refractivity contribution in [2.24, 2.45) is 11.7 Å². The highest BCUT2D eigenvalue weighted by Gasteiger charge is 2.21. The second-order valence-corrected chi connectivity index (χ2v) is 5.19. The molecule has 2 unspecified atom stereocenters. The summed E-state index contributed by atoms with van der Waals surface area (Å²) in [5.41, 5.74) is 5.88. The van der Waals surface area contributed by atoms with Crippen LogP contribution in [0.25, 0.3) is 0 Å². The van der Waals surface area contributed by atoms with E-state index in [1.54, 1.807) is 0 Å². The minimum absolute atomic E-state index is 0.311. The lowest BCUT2D eigenvalue weighted by Gasteiger charge is -2.35. The van der Waals surface area contributed by atoms with Gasteiger partial charge in [0.1, 0.15) is 0 Å². The van der Waals surface area contributed by atoms with Crippen molar-refractivity contribution in [3.8, 4) is 0 Å². The fourth-order valence-electron chi connectivity index (χ4n) is 2.79. The van der Waals surface area contributed by atoms with Crippen LogP contribution in [0, 0.1) is 5.92 Å². The number of hydrogen-bond donors (Lipinski definition) is 1. The fraction of sp³-hybridized carbons (Fsp3) is 0.846. The van der Waals surface area contributed by atoms with Gasteiger partial charge in [-0.05, 0) is 25.3 Å². The van der Waals surface area contributed by atoms with E-state index in [9.17, 15) is 0 Å². The molecule has 0 aromatic heterocycles. The van der Waals surface area contributed by atoms with E-state index in [1.807, 2.05) is 0 Å². The van der Waals surface area contributed by atoms with Crippen LogP contribution in [-0.2, 0) is 0 Å². The quantitative estimate of drug-likeness (QED) is 0.719. The molecule has 2 rings (SSSR count). The molecular formula is C13H25N3. The predicted molar refractivity (Wildman–Crippen MR) is 68.4 cm³/mol. The molecule has 92 valence electrons. The third-order valence-electron chi connectivity index (χ3n) is 3.70. The van der Waals surface area contributed by atoms with E-state index in [-0.39, 0.29) is 0 Å². The summed E-state index contributed by atoms with van der Waals surface area (Å²) in [4.78, 5) is 5.17. The SMILES string of the molecule is CCCN1CCN(CC2C=CC(N)C2)CC1. The molecule has 2 N–H and O–H groups in total. The molecule has 0 aromatic carbocycles. The zero-order chi connectivity index (χ0) is 11.4. The molecule has 0 radical (unpaired) electrons. The van der Waals surface area contributed by atoms with Gasteiger partial charge in [0.25, 0.3) is 0 Å². The number of nitrogens with zero attached hydrogens (tertiary/aromatic N) is 2. The van der Waals surface area contributed by atoms with Crippen molar-refractivity contribution in [3.05, 3.63) is 12.2 Å². The molecule has 2 aliphatic rings. The third kappa shape index (κ3) is 3.30. The van der Waals surface area contributed by atoms with Crippen LogP contribution in [0.3, 0.4) is 0 Å². The van der Waals surface area contributed by atoms with Gasteiger partial charge in [-0.2, -0.15) is 0 Å². The molecule has 3 nitrogen and oxygen atoms in total. The van der Waals surface area contributed by atoms with Gasteiger partial charge in [0.15, 0.2) is 0 Å². The van der Waals surface area contributed by atoms with Gasteiger partial charge in [-0.3, -0.25) is 0 Å². The normalized spacial score (nSPS) is 32.4. The molecule has 3 heteroatoms. The monoisotopic (exact) mass is 223 g/mol. The number of nitrogens with two attached hydrogens (primary N) is 1. The van der Waals surface area contributed by atoms with Crippen molar-refractivity contribution < 1.29 is 0 Å². The molecule has 1 saturated heterocycles. The molecule has 1 aliphatic carbocycles. The van der Waals surface area contributed by atoms with E-state index in [0.717, 1.165) is 6.42 Å². The molecule has 0 amide bonds. The van der Waals surface area contributed by atoms with Crippen molar-refractivity contribution in [1.29, 1.82) is 0 Å². The molecule has 16 heavy (non-hydrogen) atoms. The third-order valence-corrected chi connectivity index (χ3v) is 3.70. The smallest absolute Gasteiger partial charge is 0.0229 e. The van der Waals surface area contributed by atoms with Crippen LogP contribution in [0.15, 0.2) is 12.2 Å². The van der Waals surface area contributed by atoms with Gasteiger partial charge < -0.3 is 15.5 Å². The van der Waals surface area contributed by atoms with E-state index >= 15 is 0 Å². The summed E-state index contributed by atoms with van der Waals surface area (Å²) in [5, 5.41) is 0. The number of hydrogen-bond acceptors (Lipinski definition) is 3. The summed E-state index contributed by atoms with van der Waals surface area (Å²) >= 11 is 0. The van der Waals surface area contributed by atoms with E-state index in [2.05, 4.69) is 28.9 Å².